The number of carbonyl (C=O) groups is 1. The molecule has 8 heteroatoms. The number of hydrogen-bond donors (Lipinski definition) is 1. The summed E-state index contributed by atoms with van der Waals surface area (Å²) < 4.78 is 24.2. The quantitative estimate of drug-likeness (QED) is 0.811. The molecule has 0 aliphatic carbocycles. The Morgan fingerprint density at radius 2 is 1.85 bits per heavy atom. The first-order chi connectivity index (χ1) is 9.30. The van der Waals surface area contributed by atoms with Crippen LogP contribution in [0.3, 0.4) is 0 Å². The molecular weight excluding hydrogens is 302 g/mol. The molecule has 110 valence electrons. The van der Waals surface area contributed by atoms with E-state index in [4.69, 9.17) is 17.3 Å². The summed E-state index contributed by atoms with van der Waals surface area (Å²) in [6, 6.07) is 4.90. The number of benzene rings is 1. The molecule has 1 saturated heterocycles. The predicted octanol–water partition coefficient (Wildman–Crippen LogP) is 0.640. The van der Waals surface area contributed by atoms with Gasteiger partial charge in [-0.15, -0.1) is 0 Å². The Hall–Kier alpha value is -1.31. The van der Waals surface area contributed by atoms with Gasteiger partial charge in [0.1, 0.15) is 0 Å². The van der Waals surface area contributed by atoms with Crippen LogP contribution < -0.4 is 5.73 Å². The van der Waals surface area contributed by atoms with Crippen molar-refractivity contribution < 1.29 is 13.2 Å². The van der Waals surface area contributed by atoms with Crippen LogP contribution in [0.5, 0.6) is 0 Å². The molecule has 0 saturated carbocycles. The zero-order valence-electron chi connectivity index (χ0n) is 11.0. The first-order valence-electron chi connectivity index (χ1n) is 6.09. The maximum atomic E-state index is 12.3. The number of rotatable bonds is 2. The second-order valence-electron chi connectivity index (χ2n) is 4.66. The minimum absolute atomic E-state index is 0.224. The molecule has 1 amide bonds. The van der Waals surface area contributed by atoms with E-state index in [0.29, 0.717) is 36.8 Å². The fourth-order valence-electron chi connectivity index (χ4n) is 2.12. The van der Waals surface area contributed by atoms with Gasteiger partial charge in [-0.25, -0.2) is 8.42 Å². The molecule has 1 aliphatic rings. The van der Waals surface area contributed by atoms with E-state index in [1.165, 1.54) is 10.6 Å². The lowest BCUT2D eigenvalue weighted by Crippen LogP contribution is -2.50. The Kier molecular flexibility index (Phi) is 4.22. The second kappa shape index (κ2) is 5.59. The summed E-state index contributed by atoms with van der Waals surface area (Å²) in [4.78, 5) is 13.9. The topological polar surface area (TPSA) is 83.7 Å². The van der Waals surface area contributed by atoms with Gasteiger partial charge in [-0.2, -0.15) is 4.31 Å². The molecule has 0 atom stereocenters. The monoisotopic (exact) mass is 317 g/mol. The number of carbonyl (C=O) groups excluding carboxylic acids is 1. The summed E-state index contributed by atoms with van der Waals surface area (Å²) in [7, 11) is -3.20. The molecule has 6 nitrogen and oxygen atoms in total. The average molecular weight is 318 g/mol. The normalized spacial score (nSPS) is 17.2. The molecule has 1 fully saturated rings. The number of halogens is 1. The van der Waals surface area contributed by atoms with E-state index >= 15 is 0 Å². The number of piperazine rings is 1. The summed E-state index contributed by atoms with van der Waals surface area (Å²) in [6.07, 6.45) is 1.17. The largest absolute Gasteiger partial charge is 0.397 e. The number of nitrogen functional groups attached to an aromatic ring is 1. The number of anilines is 1. The Morgan fingerprint density at radius 1 is 1.25 bits per heavy atom. The Labute approximate surface area is 123 Å². The van der Waals surface area contributed by atoms with Crippen molar-refractivity contribution in [3.05, 3.63) is 28.8 Å². The minimum Gasteiger partial charge on any atom is -0.397 e. The van der Waals surface area contributed by atoms with Crippen LogP contribution in [0.4, 0.5) is 5.69 Å². The SMILES string of the molecule is CS(=O)(=O)N1CCN(C(=O)c2cccc(Cl)c2N)CC1. The number of amides is 1. The summed E-state index contributed by atoms with van der Waals surface area (Å²) in [5.74, 6) is -0.224. The molecule has 2 N–H and O–H groups in total. The lowest BCUT2D eigenvalue weighted by molar-refractivity contribution is 0.0699. The fraction of sp³-hybridized carbons (Fsp3) is 0.417. The lowest BCUT2D eigenvalue weighted by Gasteiger charge is -2.33. The summed E-state index contributed by atoms with van der Waals surface area (Å²) >= 11 is 5.90. The molecule has 0 bridgehead atoms. The molecule has 1 aliphatic heterocycles. The van der Waals surface area contributed by atoms with Gasteiger partial charge in [0.05, 0.1) is 22.5 Å². The van der Waals surface area contributed by atoms with Crippen molar-refractivity contribution >= 4 is 33.2 Å². The zero-order valence-corrected chi connectivity index (χ0v) is 12.6. The van der Waals surface area contributed by atoms with Crippen LogP contribution in [0.15, 0.2) is 18.2 Å². The van der Waals surface area contributed by atoms with E-state index in [0.717, 1.165) is 0 Å². The Balaban J connectivity index is 2.11. The van der Waals surface area contributed by atoms with Gasteiger partial charge in [-0.05, 0) is 12.1 Å². The van der Waals surface area contributed by atoms with E-state index in [1.807, 2.05) is 0 Å². The zero-order chi connectivity index (χ0) is 14.9. The molecule has 20 heavy (non-hydrogen) atoms. The highest BCUT2D eigenvalue weighted by molar-refractivity contribution is 7.88. The number of sulfonamides is 1. The summed E-state index contributed by atoms with van der Waals surface area (Å²) in [5.41, 5.74) is 6.41. The van der Waals surface area contributed by atoms with Crippen molar-refractivity contribution in [2.45, 2.75) is 0 Å². The number of nitrogens with two attached hydrogens (primary N) is 1. The average Bonchev–Trinajstić information content (AvgIpc) is 2.40. The van der Waals surface area contributed by atoms with Crippen molar-refractivity contribution in [2.24, 2.45) is 0 Å². The predicted molar refractivity (Wildman–Crippen MR) is 78.2 cm³/mol. The highest BCUT2D eigenvalue weighted by atomic mass is 35.5. The Bertz CT molecular complexity index is 625. The van der Waals surface area contributed by atoms with Crippen molar-refractivity contribution in [3.8, 4) is 0 Å². The molecule has 1 aromatic carbocycles. The van der Waals surface area contributed by atoms with E-state index in [-0.39, 0.29) is 11.6 Å². The summed E-state index contributed by atoms with van der Waals surface area (Å²) in [6.45, 7) is 1.28. The third-order valence-electron chi connectivity index (χ3n) is 3.28. The Morgan fingerprint density at radius 3 is 2.40 bits per heavy atom. The van der Waals surface area contributed by atoms with Gasteiger partial charge in [0, 0.05) is 26.2 Å². The number of hydrogen-bond acceptors (Lipinski definition) is 4. The third-order valence-corrected chi connectivity index (χ3v) is 4.91. The van der Waals surface area contributed by atoms with Gasteiger partial charge in [-0.3, -0.25) is 4.79 Å². The molecule has 1 heterocycles. The number of para-hydroxylation sites is 1. The first-order valence-corrected chi connectivity index (χ1v) is 8.31. The van der Waals surface area contributed by atoms with E-state index < -0.39 is 10.0 Å². The lowest BCUT2D eigenvalue weighted by atomic mass is 10.1. The van der Waals surface area contributed by atoms with Crippen molar-refractivity contribution in [3.63, 3.8) is 0 Å². The minimum atomic E-state index is -3.20. The van der Waals surface area contributed by atoms with E-state index in [2.05, 4.69) is 0 Å². The fourth-order valence-corrected chi connectivity index (χ4v) is 3.12. The highest BCUT2D eigenvalue weighted by Gasteiger charge is 2.27. The van der Waals surface area contributed by atoms with Crippen molar-refractivity contribution in [1.29, 1.82) is 0 Å². The van der Waals surface area contributed by atoms with E-state index in [9.17, 15) is 13.2 Å². The van der Waals surface area contributed by atoms with Crippen LogP contribution in [0.2, 0.25) is 5.02 Å². The highest BCUT2D eigenvalue weighted by Crippen LogP contribution is 2.24. The van der Waals surface area contributed by atoms with Crippen LogP contribution >= 0.6 is 11.6 Å². The van der Waals surface area contributed by atoms with Crippen LogP contribution in [0.1, 0.15) is 10.4 Å². The van der Waals surface area contributed by atoms with Crippen LogP contribution in [-0.4, -0.2) is 56.0 Å². The van der Waals surface area contributed by atoms with Gasteiger partial charge in [-0.1, -0.05) is 17.7 Å². The van der Waals surface area contributed by atoms with Gasteiger partial charge >= 0.3 is 0 Å². The maximum Gasteiger partial charge on any atom is 0.256 e. The molecule has 2 rings (SSSR count). The van der Waals surface area contributed by atoms with Gasteiger partial charge in [0.25, 0.3) is 5.91 Å². The smallest absolute Gasteiger partial charge is 0.256 e. The molecule has 1 aromatic rings. The molecule has 0 radical (unpaired) electrons. The van der Waals surface area contributed by atoms with Gasteiger partial charge in [0.15, 0.2) is 0 Å². The third kappa shape index (κ3) is 3.05. The molecule has 0 aromatic heterocycles. The maximum absolute atomic E-state index is 12.3. The van der Waals surface area contributed by atoms with Crippen LogP contribution in [0, 0.1) is 0 Å². The standard InChI is InChI=1S/C12H16ClN3O3S/c1-20(18,19)16-7-5-15(6-8-16)12(17)9-3-2-4-10(13)11(9)14/h2-4H,5-8,14H2,1H3. The van der Waals surface area contributed by atoms with E-state index in [1.54, 1.807) is 23.1 Å². The summed E-state index contributed by atoms with van der Waals surface area (Å²) in [5, 5.41) is 0.339. The molecule has 0 unspecified atom stereocenters. The van der Waals surface area contributed by atoms with Crippen molar-refractivity contribution in [1.82, 2.24) is 9.21 Å². The first kappa shape index (κ1) is 15.1. The van der Waals surface area contributed by atoms with Gasteiger partial charge < -0.3 is 10.6 Å². The van der Waals surface area contributed by atoms with Crippen LogP contribution in [0.25, 0.3) is 0 Å². The van der Waals surface area contributed by atoms with Crippen molar-refractivity contribution in [2.75, 3.05) is 38.2 Å². The molecule has 0 spiro atoms. The van der Waals surface area contributed by atoms with Crippen LogP contribution in [-0.2, 0) is 10.0 Å². The molecular formula is C12H16ClN3O3S. The van der Waals surface area contributed by atoms with Gasteiger partial charge in [0.2, 0.25) is 10.0 Å². The second-order valence-corrected chi connectivity index (χ2v) is 7.04. The number of nitrogens with zero attached hydrogens (tertiary/aromatic N) is 2.